The van der Waals surface area contributed by atoms with Gasteiger partial charge in [-0.2, -0.15) is 0 Å². The van der Waals surface area contributed by atoms with E-state index >= 15 is 0 Å². The molecule has 0 unspecified atom stereocenters. The molecule has 0 saturated carbocycles. The van der Waals surface area contributed by atoms with Crippen LogP contribution in [0.15, 0.2) is 48.5 Å². The molecule has 0 aliphatic heterocycles. The molecule has 0 fully saturated rings. The van der Waals surface area contributed by atoms with Gasteiger partial charge < -0.3 is 15.5 Å². The summed E-state index contributed by atoms with van der Waals surface area (Å²) >= 11 is 0. The molecule has 3 rings (SSSR count). The van der Waals surface area contributed by atoms with Crippen molar-refractivity contribution < 1.29 is 4.79 Å². The number of hydrogen-bond donors (Lipinski definition) is 2. The lowest BCUT2D eigenvalue weighted by Crippen LogP contribution is -2.31. The Labute approximate surface area is 150 Å². The molecule has 1 amide bonds. The number of nitrogens with zero attached hydrogens (tertiary/aromatic N) is 1. The Morgan fingerprint density at radius 3 is 2.84 bits per heavy atom. The molecule has 0 spiro atoms. The smallest absolute Gasteiger partial charge is 0.251 e. The lowest BCUT2D eigenvalue weighted by Gasteiger charge is -2.15. The fourth-order valence-electron chi connectivity index (χ4n) is 3.33. The molecule has 4 heteroatoms. The number of aryl methyl sites for hydroxylation is 1. The molecule has 1 aliphatic rings. The van der Waals surface area contributed by atoms with Crippen LogP contribution in [0.3, 0.4) is 0 Å². The predicted octanol–water partition coefficient (Wildman–Crippen LogP) is 2.76. The van der Waals surface area contributed by atoms with Gasteiger partial charge >= 0.3 is 0 Å². The number of hydrogen-bond acceptors (Lipinski definition) is 3. The van der Waals surface area contributed by atoms with Crippen LogP contribution in [0, 0.1) is 0 Å². The zero-order chi connectivity index (χ0) is 17.6. The van der Waals surface area contributed by atoms with E-state index in [2.05, 4.69) is 45.9 Å². The molecule has 0 radical (unpaired) electrons. The van der Waals surface area contributed by atoms with Gasteiger partial charge in [0.25, 0.3) is 5.91 Å². The van der Waals surface area contributed by atoms with Crippen molar-refractivity contribution in [3.63, 3.8) is 0 Å². The first kappa shape index (κ1) is 17.6. The summed E-state index contributed by atoms with van der Waals surface area (Å²) in [6.07, 6.45) is 2.28. The lowest BCUT2D eigenvalue weighted by atomic mass is 10.1. The maximum Gasteiger partial charge on any atom is 0.251 e. The van der Waals surface area contributed by atoms with Crippen molar-refractivity contribution in [2.75, 3.05) is 27.2 Å². The highest BCUT2D eigenvalue weighted by Crippen LogP contribution is 2.30. The van der Waals surface area contributed by atoms with Crippen LogP contribution >= 0.6 is 0 Å². The molecule has 2 aromatic carbocycles. The molecule has 25 heavy (non-hydrogen) atoms. The van der Waals surface area contributed by atoms with E-state index in [0.717, 1.165) is 37.1 Å². The van der Waals surface area contributed by atoms with Gasteiger partial charge in [-0.25, -0.2) is 0 Å². The Hall–Kier alpha value is -2.17. The van der Waals surface area contributed by atoms with E-state index in [1.54, 1.807) is 0 Å². The molecular formula is C21H27N3O. The Morgan fingerprint density at radius 2 is 2.00 bits per heavy atom. The van der Waals surface area contributed by atoms with Gasteiger partial charge in [0.1, 0.15) is 0 Å². The van der Waals surface area contributed by atoms with Crippen LogP contribution in [0.2, 0.25) is 0 Å². The first-order chi connectivity index (χ1) is 12.1. The minimum atomic E-state index is -0.00471. The summed E-state index contributed by atoms with van der Waals surface area (Å²) in [5.41, 5.74) is 4.74. The lowest BCUT2D eigenvalue weighted by molar-refractivity contribution is 0.0951. The maximum absolute atomic E-state index is 12.3. The van der Waals surface area contributed by atoms with Crippen LogP contribution in [0.5, 0.6) is 0 Å². The average molecular weight is 337 g/mol. The summed E-state index contributed by atoms with van der Waals surface area (Å²) in [5, 5.41) is 6.61. The van der Waals surface area contributed by atoms with E-state index < -0.39 is 0 Å². The highest BCUT2D eigenvalue weighted by atomic mass is 16.1. The standard InChI is InChI=1S/C21H27N3O/c1-24(2)13-12-22-21(25)18-8-5-6-16(14-18)15-23-20-11-10-17-7-3-4-9-19(17)20/h3-9,14,20,23H,10-13,15H2,1-2H3,(H,22,25)/t20-/m1/s1. The van der Waals surface area contributed by atoms with Gasteiger partial charge in [0.05, 0.1) is 0 Å². The van der Waals surface area contributed by atoms with Crippen LogP contribution in [0.4, 0.5) is 0 Å². The van der Waals surface area contributed by atoms with Gasteiger partial charge in [-0.3, -0.25) is 4.79 Å². The summed E-state index contributed by atoms with van der Waals surface area (Å²) in [6.45, 7) is 2.28. The highest BCUT2D eigenvalue weighted by Gasteiger charge is 2.21. The van der Waals surface area contributed by atoms with Crippen molar-refractivity contribution in [1.82, 2.24) is 15.5 Å². The van der Waals surface area contributed by atoms with Crippen LogP contribution in [0.1, 0.15) is 39.5 Å². The summed E-state index contributed by atoms with van der Waals surface area (Å²) in [6, 6.07) is 17.0. The van der Waals surface area contributed by atoms with E-state index in [0.29, 0.717) is 12.6 Å². The Balaban J connectivity index is 1.56. The van der Waals surface area contributed by atoms with Gasteiger partial charge in [-0.1, -0.05) is 36.4 Å². The molecule has 1 atom stereocenters. The van der Waals surface area contributed by atoms with Gasteiger partial charge in [0.15, 0.2) is 0 Å². The molecule has 1 aliphatic carbocycles. The maximum atomic E-state index is 12.3. The van der Waals surface area contributed by atoms with Crippen molar-refractivity contribution in [2.24, 2.45) is 0 Å². The Morgan fingerprint density at radius 1 is 1.16 bits per heavy atom. The summed E-state index contributed by atoms with van der Waals surface area (Å²) in [4.78, 5) is 14.3. The predicted molar refractivity (Wildman–Crippen MR) is 102 cm³/mol. The van der Waals surface area contributed by atoms with Crippen LogP contribution in [0.25, 0.3) is 0 Å². The third-order valence-electron chi connectivity index (χ3n) is 4.72. The van der Waals surface area contributed by atoms with Crippen molar-refractivity contribution in [3.05, 3.63) is 70.8 Å². The number of nitrogens with one attached hydrogen (secondary N) is 2. The van der Waals surface area contributed by atoms with E-state index in [4.69, 9.17) is 0 Å². The zero-order valence-corrected chi connectivity index (χ0v) is 15.1. The monoisotopic (exact) mass is 337 g/mol. The molecule has 0 bridgehead atoms. The number of fused-ring (bicyclic) bond motifs is 1. The van der Waals surface area contributed by atoms with Crippen LogP contribution in [-0.2, 0) is 13.0 Å². The largest absolute Gasteiger partial charge is 0.351 e. The second-order valence-electron chi connectivity index (χ2n) is 6.93. The average Bonchev–Trinajstić information content (AvgIpc) is 3.03. The Kier molecular flexibility index (Phi) is 5.84. The summed E-state index contributed by atoms with van der Waals surface area (Å²) < 4.78 is 0. The summed E-state index contributed by atoms with van der Waals surface area (Å²) in [5.74, 6) is -0.00471. The first-order valence-electron chi connectivity index (χ1n) is 8.96. The second-order valence-corrected chi connectivity index (χ2v) is 6.93. The van der Waals surface area contributed by atoms with E-state index in [1.807, 2.05) is 32.3 Å². The van der Waals surface area contributed by atoms with Crippen molar-refractivity contribution >= 4 is 5.91 Å². The van der Waals surface area contributed by atoms with Crippen LogP contribution < -0.4 is 10.6 Å². The van der Waals surface area contributed by atoms with Crippen molar-refractivity contribution in [1.29, 1.82) is 0 Å². The normalized spacial score (nSPS) is 16.0. The van der Waals surface area contributed by atoms with E-state index in [1.165, 1.54) is 11.1 Å². The van der Waals surface area contributed by atoms with Crippen molar-refractivity contribution in [2.45, 2.75) is 25.4 Å². The number of likely N-dealkylation sites (N-methyl/N-ethyl adjacent to an activating group) is 1. The van der Waals surface area contributed by atoms with Gasteiger partial charge in [0, 0.05) is 31.2 Å². The molecule has 2 aromatic rings. The van der Waals surface area contributed by atoms with Gasteiger partial charge in [-0.15, -0.1) is 0 Å². The molecule has 132 valence electrons. The zero-order valence-electron chi connectivity index (χ0n) is 15.1. The second kappa shape index (κ2) is 8.28. The van der Waals surface area contributed by atoms with E-state index in [9.17, 15) is 4.79 Å². The Bertz CT molecular complexity index is 727. The molecule has 0 saturated heterocycles. The van der Waals surface area contributed by atoms with Gasteiger partial charge in [0.2, 0.25) is 0 Å². The van der Waals surface area contributed by atoms with Gasteiger partial charge in [-0.05, 0) is 55.8 Å². The number of carbonyl (C=O) groups is 1. The molecular weight excluding hydrogens is 310 g/mol. The fourth-order valence-corrected chi connectivity index (χ4v) is 3.33. The SMILES string of the molecule is CN(C)CCNC(=O)c1cccc(CN[C@@H]2CCc3ccccc32)c1. The topological polar surface area (TPSA) is 44.4 Å². The summed E-state index contributed by atoms with van der Waals surface area (Å²) in [7, 11) is 4.00. The minimum Gasteiger partial charge on any atom is -0.351 e. The van der Waals surface area contributed by atoms with E-state index in [-0.39, 0.29) is 5.91 Å². The number of benzene rings is 2. The fraction of sp³-hybridized carbons (Fsp3) is 0.381. The first-order valence-corrected chi connectivity index (χ1v) is 8.96. The van der Waals surface area contributed by atoms with Crippen molar-refractivity contribution in [3.8, 4) is 0 Å². The number of amides is 1. The minimum absolute atomic E-state index is 0.00471. The van der Waals surface area contributed by atoms with Crippen LogP contribution in [-0.4, -0.2) is 38.0 Å². The number of rotatable bonds is 7. The third-order valence-corrected chi connectivity index (χ3v) is 4.72. The highest BCUT2D eigenvalue weighted by molar-refractivity contribution is 5.94. The molecule has 0 aromatic heterocycles. The number of carbonyl (C=O) groups excluding carboxylic acids is 1. The molecule has 4 nitrogen and oxygen atoms in total. The third kappa shape index (κ3) is 4.68. The molecule has 0 heterocycles. The molecule has 2 N–H and O–H groups in total. The quantitative estimate of drug-likeness (QED) is 0.816.